The van der Waals surface area contributed by atoms with Crippen LogP contribution in [0.1, 0.15) is 25.6 Å². The number of ether oxygens (including phenoxy) is 2. The number of nitrogens with zero attached hydrogens (tertiary/aromatic N) is 1. The third kappa shape index (κ3) is 9.72. The Balaban J connectivity index is 0.000000642. The summed E-state index contributed by atoms with van der Waals surface area (Å²) in [6.45, 7) is 5.39. The second-order valence-electron chi connectivity index (χ2n) is 9.42. The number of amides is 1. The molecule has 0 aliphatic carbocycles. The fourth-order valence-electron chi connectivity index (χ4n) is 3.22. The lowest BCUT2D eigenvalue weighted by molar-refractivity contribution is -0.134. The van der Waals surface area contributed by atoms with E-state index in [4.69, 9.17) is 19.7 Å². The SMILES string of the molecule is COc1cccc(S(=O)(=O)c2sc(CN(C)C(=O)OC(C)(C)C)cc2-c2ccccc2F)c1.O=C(O)/C=C/C(=O)O. The molecule has 3 aromatic rings. The Bertz CT molecular complexity index is 1520. The number of halogens is 1. The Hall–Kier alpha value is -4.23. The van der Waals surface area contributed by atoms with Crippen molar-refractivity contribution in [1.29, 1.82) is 0 Å². The average molecular weight is 608 g/mol. The summed E-state index contributed by atoms with van der Waals surface area (Å²) in [5.41, 5.74) is -0.255. The van der Waals surface area contributed by atoms with Gasteiger partial charge in [-0.05, 0) is 51.1 Å². The highest BCUT2D eigenvalue weighted by Crippen LogP contribution is 2.40. The molecule has 1 heterocycles. The fraction of sp³-hybridized carbons (Fsp3) is 0.250. The third-order valence-corrected chi connectivity index (χ3v) is 8.38. The van der Waals surface area contributed by atoms with Crippen LogP contribution in [0.2, 0.25) is 0 Å². The number of hydrogen-bond donors (Lipinski definition) is 2. The van der Waals surface area contributed by atoms with Gasteiger partial charge in [0, 0.05) is 35.2 Å². The van der Waals surface area contributed by atoms with Crippen molar-refractivity contribution in [3.63, 3.8) is 0 Å². The summed E-state index contributed by atoms with van der Waals surface area (Å²) in [6.07, 6.45) is 0.575. The number of carbonyl (C=O) groups is 3. The second kappa shape index (κ2) is 13.9. The monoisotopic (exact) mass is 607 g/mol. The van der Waals surface area contributed by atoms with Gasteiger partial charge < -0.3 is 24.6 Å². The van der Waals surface area contributed by atoms with Gasteiger partial charge in [-0.15, -0.1) is 11.3 Å². The maximum absolute atomic E-state index is 14.7. The van der Waals surface area contributed by atoms with Crippen molar-refractivity contribution >= 4 is 39.2 Å². The second-order valence-corrected chi connectivity index (χ2v) is 12.7. The number of sulfone groups is 1. The molecule has 13 heteroatoms. The molecule has 2 N–H and O–H groups in total. The smallest absolute Gasteiger partial charge is 0.410 e. The van der Waals surface area contributed by atoms with Crippen molar-refractivity contribution in [3.05, 3.63) is 77.4 Å². The zero-order valence-corrected chi connectivity index (χ0v) is 24.6. The number of methoxy groups -OCH3 is 1. The molecule has 0 saturated carbocycles. The lowest BCUT2D eigenvalue weighted by Gasteiger charge is -2.24. The number of thiophene rings is 1. The molecule has 1 aromatic heterocycles. The molecule has 0 fully saturated rings. The fourth-order valence-corrected chi connectivity index (χ4v) is 6.43. The molecule has 2 aromatic carbocycles. The van der Waals surface area contributed by atoms with Crippen LogP contribution in [0.5, 0.6) is 5.75 Å². The molecule has 0 aliphatic rings. The first-order valence-electron chi connectivity index (χ1n) is 11.9. The number of hydrogen-bond acceptors (Lipinski definition) is 8. The largest absolute Gasteiger partial charge is 0.497 e. The van der Waals surface area contributed by atoms with Crippen LogP contribution in [0.4, 0.5) is 9.18 Å². The van der Waals surface area contributed by atoms with E-state index in [1.54, 1.807) is 58.2 Å². The summed E-state index contributed by atoms with van der Waals surface area (Å²) < 4.78 is 52.3. The van der Waals surface area contributed by atoms with E-state index in [2.05, 4.69) is 0 Å². The van der Waals surface area contributed by atoms with Gasteiger partial charge in [-0.25, -0.2) is 27.2 Å². The lowest BCUT2D eigenvalue weighted by atomic mass is 10.1. The maximum Gasteiger partial charge on any atom is 0.410 e. The molecule has 0 unspecified atom stereocenters. The van der Waals surface area contributed by atoms with Crippen LogP contribution < -0.4 is 4.74 Å². The van der Waals surface area contributed by atoms with E-state index in [0.717, 1.165) is 11.3 Å². The highest BCUT2D eigenvalue weighted by molar-refractivity contribution is 7.93. The van der Waals surface area contributed by atoms with E-state index in [0.29, 0.717) is 22.8 Å². The highest BCUT2D eigenvalue weighted by Gasteiger charge is 2.28. The summed E-state index contributed by atoms with van der Waals surface area (Å²) in [6, 6.07) is 13.7. The summed E-state index contributed by atoms with van der Waals surface area (Å²) in [5, 5.41) is 15.6. The topological polar surface area (TPSA) is 148 Å². The molecule has 10 nitrogen and oxygen atoms in total. The number of benzene rings is 2. The molecule has 1 amide bonds. The van der Waals surface area contributed by atoms with Crippen LogP contribution >= 0.6 is 11.3 Å². The Morgan fingerprint density at radius 1 is 0.976 bits per heavy atom. The Morgan fingerprint density at radius 3 is 2.12 bits per heavy atom. The van der Waals surface area contributed by atoms with Gasteiger partial charge in [0.05, 0.1) is 18.6 Å². The average Bonchev–Trinajstić information content (AvgIpc) is 3.31. The van der Waals surface area contributed by atoms with E-state index in [1.165, 1.54) is 36.3 Å². The highest BCUT2D eigenvalue weighted by atomic mass is 32.2. The van der Waals surface area contributed by atoms with E-state index < -0.39 is 39.3 Å². The predicted octanol–water partition coefficient (Wildman–Crippen LogP) is 5.47. The molecule has 0 spiro atoms. The quantitative estimate of drug-likeness (QED) is 0.318. The normalized spacial score (nSPS) is 11.4. The van der Waals surface area contributed by atoms with Crippen LogP contribution in [-0.2, 0) is 30.7 Å². The molecule has 220 valence electrons. The molecule has 41 heavy (non-hydrogen) atoms. The van der Waals surface area contributed by atoms with Gasteiger partial charge in [-0.3, -0.25) is 0 Å². The van der Waals surface area contributed by atoms with Crippen LogP contribution in [0.3, 0.4) is 0 Å². The van der Waals surface area contributed by atoms with Crippen molar-refractivity contribution in [2.45, 2.75) is 42.0 Å². The first kappa shape index (κ1) is 33.0. The molecule has 3 rings (SSSR count). The van der Waals surface area contributed by atoms with Gasteiger partial charge in [-0.2, -0.15) is 0 Å². The van der Waals surface area contributed by atoms with Gasteiger partial charge in [0.15, 0.2) is 0 Å². The lowest BCUT2D eigenvalue weighted by Crippen LogP contribution is -2.33. The van der Waals surface area contributed by atoms with Crippen molar-refractivity contribution in [2.75, 3.05) is 14.2 Å². The van der Waals surface area contributed by atoms with Crippen LogP contribution in [-0.4, -0.2) is 61.3 Å². The van der Waals surface area contributed by atoms with Gasteiger partial charge in [0.25, 0.3) is 0 Å². The van der Waals surface area contributed by atoms with Gasteiger partial charge >= 0.3 is 18.0 Å². The zero-order chi connectivity index (χ0) is 31.0. The summed E-state index contributed by atoms with van der Waals surface area (Å²) in [7, 11) is -0.981. The standard InChI is InChI=1S/C24H26FNO5S2.C4H4O4/c1-24(2,3)31-23(27)26(4)15-17-14-20(19-11-6-7-12-21(19)25)22(32-17)33(28,29)18-10-8-9-16(13-18)30-5;5-3(6)1-2-4(7)8/h6-14H,15H2,1-5H3;1-2H,(H,5,6)(H,7,8)/b;2-1+. The molecule has 0 aliphatic heterocycles. The first-order valence-corrected chi connectivity index (χ1v) is 14.2. The first-order chi connectivity index (χ1) is 19.0. The third-order valence-electron chi connectivity index (χ3n) is 4.98. The number of carboxylic acid groups (broad SMARTS) is 2. The van der Waals surface area contributed by atoms with Gasteiger partial charge in [0.2, 0.25) is 9.84 Å². The molecular formula is C28H30FNO9S2. The van der Waals surface area contributed by atoms with Crippen LogP contribution in [0.15, 0.2) is 75.9 Å². The van der Waals surface area contributed by atoms with Gasteiger partial charge in [0.1, 0.15) is 21.4 Å². The summed E-state index contributed by atoms with van der Waals surface area (Å²) >= 11 is 0.997. The van der Waals surface area contributed by atoms with E-state index in [9.17, 15) is 27.2 Å². The number of carboxylic acids is 2. The molecule has 0 saturated heterocycles. The van der Waals surface area contributed by atoms with Crippen molar-refractivity contribution in [2.24, 2.45) is 0 Å². The van der Waals surface area contributed by atoms with Crippen LogP contribution in [0.25, 0.3) is 11.1 Å². The Morgan fingerprint density at radius 2 is 1.59 bits per heavy atom. The predicted molar refractivity (Wildman–Crippen MR) is 150 cm³/mol. The molecular weight excluding hydrogens is 577 g/mol. The van der Waals surface area contributed by atoms with Crippen molar-refractivity contribution in [1.82, 2.24) is 4.90 Å². The van der Waals surface area contributed by atoms with E-state index in [1.807, 2.05) is 0 Å². The van der Waals surface area contributed by atoms with Gasteiger partial charge in [-0.1, -0.05) is 24.3 Å². The Labute approximate surface area is 241 Å². The maximum atomic E-state index is 14.7. The Kier molecular flexibility index (Phi) is 11.2. The number of rotatable bonds is 8. The summed E-state index contributed by atoms with van der Waals surface area (Å²) in [4.78, 5) is 33.5. The minimum Gasteiger partial charge on any atom is -0.497 e. The minimum atomic E-state index is -3.99. The van der Waals surface area contributed by atoms with Crippen LogP contribution in [0, 0.1) is 5.82 Å². The molecule has 0 bridgehead atoms. The van der Waals surface area contributed by atoms with E-state index in [-0.39, 0.29) is 26.8 Å². The van der Waals surface area contributed by atoms with E-state index >= 15 is 0 Å². The molecule has 0 atom stereocenters. The number of aliphatic carboxylic acids is 2. The zero-order valence-electron chi connectivity index (χ0n) is 23.0. The van der Waals surface area contributed by atoms with Crippen molar-refractivity contribution < 1.29 is 46.9 Å². The van der Waals surface area contributed by atoms with Crippen molar-refractivity contribution in [3.8, 4) is 16.9 Å². The molecule has 0 radical (unpaired) electrons. The minimum absolute atomic E-state index is 0.00607. The number of carbonyl (C=O) groups excluding carboxylic acids is 1. The summed E-state index contributed by atoms with van der Waals surface area (Å²) in [5.74, 6) is -2.66.